The third kappa shape index (κ3) is 2.51. The smallest absolute Gasteiger partial charge is 0.187 e. The number of nitrogens with two attached hydrogens (primary N) is 1. The number of sulfone groups is 1. The fourth-order valence-corrected chi connectivity index (χ4v) is 5.56. The van der Waals surface area contributed by atoms with Crippen LogP contribution in [-0.2, 0) is 9.84 Å². The first-order valence-corrected chi connectivity index (χ1v) is 9.20. The van der Waals surface area contributed by atoms with Crippen molar-refractivity contribution in [3.63, 3.8) is 0 Å². The molecule has 8 heteroatoms. The van der Waals surface area contributed by atoms with E-state index in [1.807, 2.05) is 0 Å². The minimum absolute atomic E-state index is 0.0720. The number of rotatable bonds is 5. The first-order valence-electron chi connectivity index (χ1n) is 6.88. The van der Waals surface area contributed by atoms with Gasteiger partial charge in [-0.25, -0.2) is 8.42 Å². The minimum atomic E-state index is -3.37. The second-order valence-electron chi connectivity index (χ2n) is 5.76. The molecule has 2 aliphatic carbocycles. The molecule has 0 amide bonds. The third-order valence-corrected chi connectivity index (χ3v) is 7.31. The Hall–Kier alpha value is -0.860. The van der Waals surface area contributed by atoms with Crippen molar-refractivity contribution in [1.82, 2.24) is 4.37 Å². The van der Waals surface area contributed by atoms with E-state index in [2.05, 4.69) is 9.69 Å². The lowest BCUT2D eigenvalue weighted by Crippen LogP contribution is -2.33. The molecule has 0 atom stereocenters. The quantitative estimate of drug-likeness (QED) is 0.757. The van der Waals surface area contributed by atoms with Crippen LogP contribution in [0.2, 0.25) is 0 Å². The number of hydrogen-bond acceptors (Lipinski definition) is 7. The van der Waals surface area contributed by atoms with Crippen LogP contribution in [-0.4, -0.2) is 35.3 Å². The normalized spacial score (nSPS) is 22.1. The summed E-state index contributed by atoms with van der Waals surface area (Å²) in [5.41, 5.74) is 4.99. The predicted molar refractivity (Wildman–Crippen MR) is 78.6 cm³/mol. The second kappa shape index (κ2) is 4.85. The van der Waals surface area contributed by atoms with Gasteiger partial charge in [0.15, 0.2) is 15.7 Å². The number of aliphatic hydroxyl groups is 1. The monoisotopic (exact) mass is 317 g/mol. The summed E-state index contributed by atoms with van der Waals surface area (Å²) in [4.78, 5) is 0.131. The number of nitrogen functional groups attached to an aromatic ring is 1. The Balaban J connectivity index is 1.80. The molecule has 3 rings (SSSR count). The Morgan fingerprint density at radius 2 is 2.05 bits per heavy atom. The summed E-state index contributed by atoms with van der Waals surface area (Å²) in [5, 5.41) is 13.5. The van der Waals surface area contributed by atoms with Crippen LogP contribution in [0.1, 0.15) is 38.5 Å². The summed E-state index contributed by atoms with van der Waals surface area (Å²) < 4.78 is 28.7. The van der Waals surface area contributed by atoms with Crippen molar-refractivity contribution < 1.29 is 13.5 Å². The fraction of sp³-hybridized carbons (Fsp3) is 0.750. The largest absolute Gasteiger partial charge is 0.388 e. The van der Waals surface area contributed by atoms with Gasteiger partial charge in [-0.2, -0.15) is 4.37 Å². The maximum absolute atomic E-state index is 12.4. The van der Waals surface area contributed by atoms with Crippen LogP contribution in [0.5, 0.6) is 0 Å². The van der Waals surface area contributed by atoms with Crippen LogP contribution < -0.4 is 11.1 Å². The van der Waals surface area contributed by atoms with Gasteiger partial charge in [0.1, 0.15) is 9.90 Å². The predicted octanol–water partition coefficient (Wildman–Crippen LogP) is 1.38. The Labute approximate surface area is 122 Å². The van der Waals surface area contributed by atoms with Crippen LogP contribution in [0.15, 0.2) is 4.90 Å². The molecule has 0 radical (unpaired) electrons. The zero-order valence-electron chi connectivity index (χ0n) is 11.1. The number of aromatic nitrogens is 1. The molecule has 0 aromatic carbocycles. The molecule has 1 aromatic heterocycles. The first kappa shape index (κ1) is 14.1. The molecule has 4 N–H and O–H groups in total. The molecule has 0 unspecified atom stereocenters. The average Bonchev–Trinajstić information content (AvgIpc) is 3.07. The topological polar surface area (TPSA) is 105 Å². The van der Waals surface area contributed by atoms with Crippen molar-refractivity contribution in [1.29, 1.82) is 0 Å². The molecule has 0 spiro atoms. The number of nitrogens with one attached hydrogen (secondary N) is 1. The zero-order valence-corrected chi connectivity index (χ0v) is 12.8. The SMILES string of the molecule is Nc1nsc(NCC2(O)CCCC2)c1S(=O)(=O)C1CC1. The van der Waals surface area contributed by atoms with Crippen molar-refractivity contribution in [2.45, 2.75) is 54.3 Å². The van der Waals surface area contributed by atoms with E-state index in [-0.39, 0.29) is 16.0 Å². The van der Waals surface area contributed by atoms with Crippen LogP contribution >= 0.6 is 11.5 Å². The lowest BCUT2D eigenvalue weighted by Gasteiger charge is -2.22. The molecule has 2 fully saturated rings. The van der Waals surface area contributed by atoms with Crippen LogP contribution in [0.25, 0.3) is 0 Å². The van der Waals surface area contributed by atoms with Crippen molar-refractivity contribution in [3.05, 3.63) is 0 Å². The van der Waals surface area contributed by atoms with E-state index in [0.717, 1.165) is 37.2 Å². The van der Waals surface area contributed by atoms with Crippen molar-refractivity contribution in [2.24, 2.45) is 0 Å². The minimum Gasteiger partial charge on any atom is -0.388 e. The molecule has 2 saturated carbocycles. The van der Waals surface area contributed by atoms with Crippen molar-refractivity contribution in [2.75, 3.05) is 17.6 Å². The highest BCUT2D eigenvalue weighted by atomic mass is 32.2. The first-order chi connectivity index (χ1) is 9.42. The van der Waals surface area contributed by atoms with Gasteiger partial charge in [0.25, 0.3) is 0 Å². The molecule has 1 aromatic rings. The van der Waals surface area contributed by atoms with Crippen LogP contribution in [0.3, 0.4) is 0 Å². The van der Waals surface area contributed by atoms with Gasteiger partial charge in [-0.3, -0.25) is 0 Å². The van der Waals surface area contributed by atoms with E-state index < -0.39 is 15.4 Å². The van der Waals surface area contributed by atoms with E-state index >= 15 is 0 Å². The summed E-state index contributed by atoms with van der Waals surface area (Å²) in [7, 11) is -3.37. The zero-order chi connectivity index (χ0) is 14.4. The molecular weight excluding hydrogens is 298 g/mol. The molecule has 0 aliphatic heterocycles. The maximum Gasteiger partial charge on any atom is 0.187 e. The van der Waals surface area contributed by atoms with Crippen LogP contribution in [0.4, 0.5) is 10.8 Å². The Bertz CT molecular complexity index is 601. The maximum atomic E-state index is 12.4. The van der Waals surface area contributed by atoms with Gasteiger partial charge in [0, 0.05) is 6.54 Å². The summed E-state index contributed by atoms with van der Waals surface area (Å²) in [5.74, 6) is 0.0720. The lowest BCUT2D eigenvalue weighted by atomic mass is 10.0. The molecular formula is C12H19N3O3S2. The van der Waals surface area contributed by atoms with Gasteiger partial charge < -0.3 is 16.2 Å². The molecule has 0 saturated heterocycles. The molecule has 2 aliphatic rings. The Morgan fingerprint density at radius 1 is 1.40 bits per heavy atom. The molecule has 0 bridgehead atoms. The van der Waals surface area contributed by atoms with Crippen LogP contribution in [0, 0.1) is 0 Å². The summed E-state index contributed by atoms with van der Waals surface area (Å²) in [6, 6.07) is 0. The molecule has 112 valence electrons. The molecule has 20 heavy (non-hydrogen) atoms. The summed E-state index contributed by atoms with van der Waals surface area (Å²) in [6.07, 6.45) is 4.91. The van der Waals surface area contributed by atoms with E-state index in [1.165, 1.54) is 0 Å². The van der Waals surface area contributed by atoms with Gasteiger partial charge >= 0.3 is 0 Å². The number of anilines is 2. The molecule has 1 heterocycles. The van der Waals surface area contributed by atoms with E-state index in [9.17, 15) is 13.5 Å². The van der Waals surface area contributed by atoms with Crippen molar-refractivity contribution in [3.8, 4) is 0 Å². The third-order valence-electron chi connectivity index (χ3n) is 4.03. The average molecular weight is 317 g/mol. The highest BCUT2D eigenvalue weighted by molar-refractivity contribution is 7.92. The number of nitrogens with zero attached hydrogens (tertiary/aromatic N) is 1. The van der Waals surface area contributed by atoms with E-state index in [1.54, 1.807) is 0 Å². The Kier molecular flexibility index (Phi) is 3.42. The highest BCUT2D eigenvalue weighted by Gasteiger charge is 2.41. The lowest BCUT2D eigenvalue weighted by molar-refractivity contribution is 0.0615. The fourth-order valence-electron chi connectivity index (χ4n) is 2.68. The van der Waals surface area contributed by atoms with Gasteiger partial charge in [-0.05, 0) is 37.2 Å². The van der Waals surface area contributed by atoms with Gasteiger partial charge in [0.05, 0.1) is 10.9 Å². The summed E-state index contributed by atoms with van der Waals surface area (Å²) in [6.45, 7) is 0.349. The summed E-state index contributed by atoms with van der Waals surface area (Å²) >= 11 is 1.05. The van der Waals surface area contributed by atoms with Gasteiger partial charge in [-0.1, -0.05) is 12.8 Å². The Morgan fingerprint density at radius 3 is 2.65 bits per heavy atom. The second-order valence-corrected chi connectivity index (χ2v) is 8.69. The van der Waals surface area contributed by atoms with E-state index in [4.69, 9.17) is 5.73 Å². The highest BCUT2D eigenvalue weighted by Crippen LogP contribution is 2.41. The molecule has 6 nitrogen and oxygen atoms in total. The number of hydrogen-bond donors (Lipinski definition) is 3. The standard InChI is InChI=1S/C12H19N3O3S2/c13-10-9(20(17,18)8-3-4-8)11(19-15-10)14-7-12(16)5-1-2-6-12/h8,14,16H,1-7H2,(H2,13,15). The van der Waals surface area contributed by atoms with Gasteiger partial charge in [-0.15, -0.1) is 0 Å². The van der Waals surface area contributed by atoms with E-state index in [0.29, 0.717) is 24.4 Å². The van der Waals surface area contributed by atoms with Gasteiger partial charge in [0.2, 0.25) is 0 Å². The van der Waals surface area contributed by atoms with Crippen molar-refractivity contribution >= 4 is 32.2 Å².